The van der Waals surface area contributed by atoms with Gasteiger partial charge >= 0.3 is 0 Å². The molecule has 1 aromatic carbocycles. The van der Waals surface area contributed by atoms with Gasteiger partial charge in [-0.1, -0.05) is 44.9 Å². The number of hydrogen-bond donors (Lipinski definition) is 2. The Bertz CT molecular complexity index is 390. The van der Waals surface area contributed by atoms with Crippen LogP contribution in [0.4, 0.5) is 0 Å². The molecule has 2 N–H and O–H groups in total. The van der Waals surface area contributed by atoms with Gasteiger partial charge in [0.2, 0.25) is 0 Å². The number of phenolic OH excluding ortho intramolecular Hbond substituents is 1. The van der Waals surface area contributed by atoms with Crippen molar-refractivity contribution in [2.45, 2.75) is 52.1 Å². The first-order valence-corrected chi connectivity index (χ1v) is 7.13. The van der Waals surface area contributed by atoms with Crippen LogP contribution in [-0.4, -0.2) is 11.1 Å². The first-order valence-electron chi connectivity index (χ1n) is 7.13. The van der Waals surface area contributed by atoms with Gasteiger partial charge in [0.25, 0.3) is 0 Å². The largest absolute Gasteiger partial charge is 0.508 e. The highest BCUT2D eigenvalue weighted by atomic mass is 16.3. The number of hydrogen-bond acceptors (Lipinski definition) is 2. The molecule has 0 saturated heterocycles. The summed E-state index contributed by atoms with van der Waals surface area (Å²) >= 11 is 0. The molecule has 0 aromatic heterocycles. The summed E-state index contributed by atoms with van der Waals surface area (Å²) in [5.74, 6) is 1.91. The van der Waals surface area contributed by atoms with Crippen molar-refractivity contribution in [2.24, 2.45) is 11.8 Å². The third kappa shape index (κ3) is 2.86. The van der Waals surface area contributed by atoms with E-state index in [0.29, 0.717) is 17.7 Å². The van der Waals surface area contributed by atoms with Crippen LogP contribution >= 0.6 is 0 Å². The van der Waals surface area contributed by atoms with Crippen molar-refractivity contribution in [2.75, 3.05) is 0 Å². The van der Waals surface area contributed by atoms with Crippen LogP contribution in [0.15, 0.2) is 24.3 Å². The minimum absolute atomic E-state index is 0.212. The first kappa shape index (κ1) is 13.4. The molecular weight excluding hydrogens is 222 g/mol. The zero-order valence-corrected chi connectivity index (χ0v) is 11.7. The molecular formula is C16H25NO. The fourth-order valence-corrected chi connectivity index (χ4v) is 3.08. The summed E-state index contributed by atoms with van der Waals surface area (Å²) < 4.78 is 0. The Morgan fingerprint density at radius 2 is 1.94 bits per heavy atom. The summed E-state index contributed by atoms with van der Waals surface area (Å²) in [7, 11) is 0. The van der Waals surface area contributed by atoms with Gasteiger partial charge in [0, 0.05) is 17.6 Å². The lowest BCUT2D eigenvalue weighted by molar-refractivity contribution is 0.195. The quantitative estimate of drug-likeness (QED) is 0.850. The molecule has 1 aliphatic rings. The number of para-hydroxylation sites is 1. The highest BCUT2D eigenvalue weighted by Crippen LogP contribution is 2.32. The average Bonchev–Trinajstić information content (AvgIpc) is 2.35. The Balaban J connectivity index is 2.03. The van der Waals surface area contributed by atoms with Crippen LogP contribution in [0, 0.1) is 11.8 Å². The van der Waals surface area contributed by atoms with E-state index in [0.717, 1.165) is 11.5 Å². The standard InChI is InChI=1S/C16H25NO/c1-11-7-6-9-15(12(11)2)17-13(3)14-8-4-5-10-16(14)18/h4-5,8,10-13,15,17-18H,6-7,9H2,1-3H3. The Labute approximate surface area is 110 Å². The molecule has 0 aliphatic heterocycles. The lowest BCUT2D eigenvalue weighted by atomic mass is 9.77. The average molecular weight is 247 g/mol. The van der Waals surface area contributed by atoms with Crippen LogP contribution in [0.3, 0.4) is 0 Å². The third-order valence-electron chi connectivity index (χ3n) is 4.57. The Kier molecular flexibility index (Phi) is 4.28. The zero-order valence-electron chi connectivity index (χ0n) is 11.7. The molecule has 1 saturated carbocycles. The van der Waals surface area contributed by atoms with E-state index in [2.05, 4.69) is 26.1 Å². The van der Waals surface area contributed by atoms with E-state index in [-0.39, 0.29) is 6.04 Å². The summed E-state index contributed by atoms with van der Waals surface area (Å²) in [6, 6.07) is 8.41. The highest BCUT2D eigenvalue weighted by molar-refractivity contribution is 5.34. The van der Waals surface area contributed by atoms with Crippen molar-refractivity contribution in [1.82, 2.24) is 5.32 Å². The topological polar surface area (TPSA) is 32.3 Å². The molecule has 4 unspecified atom stereocenters. The Morgan fingerprint density at radius 3 is 2.67 bits per heavy atom. The molecule has 2 heteroatoms. The third-order valence-corrected chi connectivity index (χ3v) is 4.57. The second kappa shape index (κ2) is 5.75. The highest BCUT2D eigenvalue weighted by Gasteiger charge is 2.28. The van der Waals surface area contributed by atoms with Crippen molar-refractivity contribution in [3.05, 3.63) is 29.8 Å². The van der Waals surface area contributed by atoms with E-state index >= 15 is 0 Å². The molecule has 4 atom stereocenters. The van der Waals surface area contributed by atoms with Crippen molar-refractivity contribution in [1.29, 1.82) is 0 Å². The van der Waals surface area contributed by atoms with Crippen LogP contribution < -0.4 is 5.32 Å². The maximum Gasteiger partial charge on any atom is 0.120 e. The summed E-state index contributed by atoms with van der Waals surface area (Å²) in [4.78, 5) is 0. The summed E-state index contributed by atoms with van der Waals surface area (Å²) in [6.07, 6.45) is 3.92. The maximum absolute atomic E-state index is 9.89. The number of rotatable bonds is 3. The van der Waals surface area contributed by atoms with Gasteiger partial charge in [0.05, 0.1) is 0 Å². The fraction of sp³-hybridized carbons (Fsp3) is 0.625. The Morgan fingerprint density at radius 1 is 1.22 bits per heavy atom. The second-order valence-electron chi connectivity index (χ2n) is 5.82. The number of nitrogens with one attached hydrogen (secondary N) is 1. The van der Waals surface area contributed by atoms with Crippen molar-refractivity contribution in [3.63, 3.8) is 0 Å². The lowest BCUT2D eigenvalue weighted by Gasteiger charge is -2.36. The van der Waals surface area contributed by atoms with Gasteiger partial charge in [-0.15, -0.1) is 0 Å². The van der Waals surface area contributed by atoms with Crippen LogP contribution in [0.1, 0.15) is 51.6 Å². The van der Waals surface area contributed by atoms with Gasteiger partial charge in [-0.3, -0.25) is 0 Å². The van der Waals surface area contributed by atoms with Gasteiger partial charge in [-0.2, -0.15) is 0 Å². The minimum atomic E-state index is 0.212. The molecule has 18 heavy (non-hydrogen) atoms. The van der Waals surface area contributed by atoms with E-state index in [4.69, 9.17) is 0 Å². The Hall–Kier alpha value is -1.02. The number of aromatic hydroxyl groups is 1. The van der Waals surface area contributed by atoms with Crippen LogP contribution in [0.2, 0.25) is 0 Å². The van der Waals surface area contributed by atoms with E-state index in [1.807, 2.05) is 18.2 Å². The fourth-order valence-electron chi connectivity index (χ4n) is 3.08. The summed E-state index contributed by atoms with van der Waals surface area (Å²) in [6.45, 7) is 6.84. The number of phenols is 1. The van der Waals surface area contributed by atoms with Gasteiger partial charge in [-0.05, 0) is 31.2 Å². The van der Waals surface area contributed by atoms with Crippen molar-refractivity contribution in [3.8, 4) is 5.75 Å². The van der Waals surface area contributed by atoms with Crippen LogP contribution in [-0.2, 0) is 0 Å². The van der Waals surface area contributed by atoms with Gasteiger partial charge in [0.15, 0.2) is 0 Å². The van der Waals surface area contributed by atoms with E-state index in [9.17, 15) is 5.11 Å². The first-order chi connectivity index (χ1) is 8.59. The SMILES string of the molecule is CC(NC1CCCC(C)C1C)c1ccccc1O. The predicted octanol–water partition coefficient (Wildman–Crippen LogP) is 3.87. The molecule has 2 rings (SSSR count). The molecule has 2 nitrogen and oxygen atoms in total. The van der Waals surface area contributed by atoms with Gasteiger partial charge in [-0.25, -0.2) is 0 Å². The van der Waals surface area contributed by atoms with Gasteiger partial charge < -0.3 is 10.4 Å². The van der Waals surface area contributed by atoms with Gasteiger partial charge in [0.1, 0.15) is 5.75 Å². The molecule has 0 amide bonds. The van der Waals surface area contributed by atoms with Crippen LogP contribution in [0.25, 0.3) is 0 Å². The monoisotopic (exact) mass is 247 g/mol. The minimum Gasteiger partial charge on any atom is -0.508 e. The molecule has 100 valence electrons. The molecule has 1 fully saturated rings. The molecule has 0 heterocycles. The maximum atomic E-state index is 9.89. The van der Waals surface area contributed by atoms with Crippen molar-refractivity contribution < 1.29 is 5.11 Å². The van der Waals surface area contributed by atoms with Crippen molar-refractivity contribution >= 4 is 0 Å². The second-order valence-corrected chi connectivity index (χ2v) is 5.82. The zero-order chi connectivity index (χ0) is 13.1. The van der Waals surface area contributed by atoms with E-state index in [1.54, 1.807) is 6.07 Å². The molecule has 0 bridgehead atoms. The molecule has 1 aromatic rings. The molecule has 0 radical (unpaired) electrons. The smallest absolute Gasteiger partial charge is 0.120 e. The van der Waals surface area contributed by atoms with E-state index < -0.39 is 0 Å². The summed E-state index contributed by atoms with van der Waals surface area (Å²) in [5.41, 5.74) is 1.00. The number of benzene rings is 1. The van der Waals surface area contributed by atoms with Crippen LogP contribution in [0.5, 0.6) is 5.75 Å². The summed E-state index contributed by atoms with van der Waals surface area (Å²) in [5, 5.41) is 13.6. The normalized spacial score (nSPS) is 30.1. The molecule has 0 spiro atoms. The lowest BCUT2D eigenvalue weighted by Crippen LogP contribution is -2.41. The molecule has 1 aliphatic carbocycles. The predicted molar refractivity (Wildman–Crippen MR) is 75.6 cm³/mol. The van der Waals surface area contributed by atoms with E-state index in [1.165, 1.54) is 19.3 Å².